The van der Waals surface area contributed by atoms with E-state index in [2.05, 4.69) is 4.90 Å². The van der Waals surface area contributed by atoms with Crippen molar-refractivity contribution in [1.82, 2.24) is 14.8 Å². The Hall–Kier alpha value is -2.80. The summed E-state index contributed by atoms with van der Waals surface area (Å²) in [4.78, 5) is 24.8. The first-order chi connectivity index (χ1) is 16.0. The number of nitrogens with zero attached hydrogens (tertiary/aromatic N) is 4. The van der Waals surface area contributed by atoms with E-state index in [1.807, 2.05) is 54.2 Å². The highest BCUT2D eigenvalue weighted by atomic mass is 16.5. The Kier molecular flexibility index (Phi) is 7.38. The summed E-state index contributed by atoms with van der Waals surface area (Å²) < 4.78 is 10.9. The molecule has 7 nitrogen and oxygen atoms in total. The number of piperazine rings is 1. The number of methoxy groups -OCH3 is 2. The van der Waals surface area contributed by atoms with Crippen molar-refractivity contribution in [2.24, 2.45) is 0 Å². The molecular weight excluding hydrogens is 416 g/mol. The number of carbonyl (C=O) groups excluding carboxylic acids is 1. The molecule has 0 spiro atoms. The fourth-order valence-electron chi connectivity index (χ4n) is 5.03. The minimum Gasteiger partial charge on any atom is -0.497 e. The van der Waals surface area contributed by atoms with Gasteiger partial charge in [0.05, 0.1) is 25.5 Å². The van der Waals surface area contributed by atoms with Crippen LogP contribution in [0.15, 0.2) is 30.3 Å². The summed E-state index contributed by atoms with van der Waals surface area (Å²) in [6, 6.07) is 10.1. The second-order valence-electron chi connectivity index (χ2n) is 9.15. The van der Waals surface area contributed by atoms with Crippen LogP contribution in [0.25, 0.3) is 11.3 Å². The van der Waals surface area contributed by atoms with Gasteiger partial charge in [0, 0.05) is 51.9 Å². The van der Waals surface area contributed by atoms with E-state index in [4.69, 9.17) is 14.5 Å². The molecule has 0 atom stereocenters. The third-order valence-corrected chi connectivity index (χ3v) is 6.90. The molecule has 4 rings (SSSR count). The van der Waals surface area contributed by atoms with E-state index in [1.54, 1.807) is 14.2 Å². The van der Waals surface area contributed by atoms with E-state index >= 15 is 0 Å². The van der Waals surface area contributed by atoms with Crippen molar-refractivity contribution in [3.05, 3.63) is 35.9 Å². The second kappa shape index (κ2) is 10.4. The van der Waals surface area contributed by atoms with Crippen LogP contribution in [-0.2, 0) is 0 Å². The average Bonchev–Trinajstić information content (AvgIpc) is 2.88. The van der Waals surface area contributed by atoms with Crippen molar-refractivity contribution in [3.63, 3.8) is 0 Å². The van der Waals surface area contributed by atoms with Gasteiger partial charge in [0.1, 0.15) is 17.3 Å². The number of aromatic nitrogens is 1. The van der Waals surface area contributed by atoms with Gasteiger partial charge in [-0.05, 0) is 43.2 Å². The standard InChI is InChI=1S/C26H36N4O3/c1-28(2)25-21(11-12-23(27-25)22-18-20(32-3)10-13-24(22)33-4)26(31)30-16-14-29(15-17-30)19-8-6-5-7-9-19/h10-13,18-19H,5-9,14-17H2,1-4H3. The van der Waals surface area contributed by atoms with E-state index in [9.17, 15) is 4.79 Å². The number of benzene rings is 1. The van der Waals surface area contributed by atoms with Crippen molar-refractivity contribution in [1.29, 1.82) is 0 Å². The van der Waals surface area contributed by atoms with Gasteiger partial charge in [0.2, 0.25) is 0 Å². The first-order valence-corrected chi connectivity index (χ1v) is 12.0. The Bertz CT molecular complexity index is 964. The van der Waals surface area contributed by atoms with Crippen LogP contribution in [0, 0.1) is 0 Å². The highest BCUT2D eigenvalue weighted by Crippen LogP contribution is 2.34. The van der Waals surface area contributed by atoms with Crippen LogP contribution in [-0.4, -0.2) is 81.2 Å². The molecule has 2 aromatic rings. The van der Waals surface area contributed by atoms with Crippen LogP contribution in [0.1, 0.15) is 42.5 Å². The Morgan fingerprint density at radius 1 is 0.970 bits per heavy atom. The summed E-state index contributed by atoms with van der Waals surface area (Å²) in [7, 11) is 7.13. The van der Waals surface area contributed by atoms with Gasteiger partial charge in [-0.1, -0.05) is 19.3 Å². The lowest BCUT2D eigenvalue weighted by Crippen LogP contribution is -2.52. The van der Waals surface area contributed by atoms with E-state index < -0.39 is 0 Å². The third kappa shape index (κ3) is 5.08. The van der Waals surface area contributed by atoms with Crippen molar-refractivity contribution in [2.45, 2.75) is 38.1 Å². The Labute approximate surface area is 197 Å². The molecule has 2 heterocycles. The maximum absolute atomic E-state index is 13.5. The van der Waals surface area contributed by atoms with E-state index in [0.29, 0.717) is 23.2 Å². The fraction of sp³-hybridized carbons (Fsp3) is 0.538. The van der Waals surface area contributed by atoms with Gasteiger partial charge in [-0.25, -0.2) is 4.98 Å². The second-order valence-corrected chi connectivity index (χ2v) is 9.15. The molecule has 2 aliphatic rings. The van der Waals surface area contributed by atoms with Crippen LogP contribution in [0.3, 0.4) is 0 Å². The number of hydrogen-bond acceptors (Lipinski definition) is 6. The molecule has 7 heteroatoms. The summed E-state index contributed by atoms with van der Waals surface area (Å²) >= 11 is 0. The van der Waals surface area contributed by atoms with Gasteiger partial charge in [-0.2, -0.15) is 0 Å². The molecule has 2 fully saturated rings. The summed E-state index contributed by atoms with van der Waals surface area (Å²) in [5.41, 5.74) is 2.21. The molecule has 1 aliphatic heterocycles. The molecule has 1 saturated heterocycles. The quantitative estimate of drug-likeness (QED) is 0.662. The predicted octanol–water partition coefficient (Wildman–Crippen LogP) is 3.92. The van der Waals surface area contributed by atoms with E-state index in [1.165, 1.54) is 32.1 Å². The molecule has 33 heavy (non-hydrogen) atoms. The molecule has 1 amide bonds. The van der Waals surface area contributed by atoms with Gasteiger partial charge in [-0.3, -0.25) is 9.69 Å². The maximum atomic E-state index is 13.5. The number of hydrogen-bond donors (Lipinski definition) is 0. The van der Waals surface area contributed by atoms with Crippen LogP contribution in [0.5, 0.6) is 11.5 Å². The SMILES string of the molecule is COc1ccc(OC)c(-c2ccc(C(=O)N3CCN(C4CCCCC4)CC3)c(N(C)C)n2)c1. The number of ether oxygens (including phenoxy) is 2. The highest BCUT2D eigenvalue weighted by molar-refractivity contribution is 5.99. The summed E-state index contributed by atoms with van der Waals surface area (Å²) in [5.74, 6) is 2.16. The summed E-state index contributed by atoms with van der Waals surface area (Å²) in [6.45, 7) is 3.46. The van der Waals surface area contributed by atoms with Crippen LogP contribution >= 0.6 is 0 Å². The number of pyridine rings is 1. The minimum absolute atomic E-state index is 0.0543. The topological polar surface area (TPSA) is 58.1 Å². The molecule has 1 aromatic carbocycles. The smallest absolute Gasteiger partial charge is 0.257 e. The number of amides is 1. The molecule has 0 bridgehead atoms. The van der Waals surface area contributed by atoms with Gasteiger partial charge in [0.15, 0.2) is 0 Å². The van der Waals surface area contributed by atoms with Crippen molar-refractivity contribution in [2.75, 3.05) is 59.4 Å². The Balaban J connectivity index is 1.54. The first-order valence-electron chi connectivity index (χ1n) is 12.0. The zero-order chi connectivity index (χ0) is 23.4. The summed E-state index contributed by atoms with van der Waals surface area (Å²) in [5, 5.41) is 0. The lowest BCUT2D eigenvalue weighted by Gasteiger charge is -2.41. The number of anilines is 1. The van der Waals surface area contributed by atoms with Crippen LogP contribution in [0.4, 0.5) is 5.82 Å². The third-order valence-electron chi connectivity index (χ3n) is 6.90. The van der Waals surface area contributed by atoms with Gasteiger partial charge in [-0.15, -0.1) is 0 Å². The lowest BCUT2D eigenvalue weighted by atomic mass is 9.94. The molecule has 178 valence electrons. The number of rotatable bonds is 6. The molecular formula is C26H36N4O3. The molecule has 1 aliphatic carbocycles. The first kappa shape index (κ1) is 23.4. The Morgan fingerprint density at radius 3 is 2.33 bits per heavy atom. The molecule has 1 aromatic heterocycles. The van der Waals surface area contributed by atoms with Gasteiger partial charge < -0.3 is 19.3 Å². The van der Waals surface area contributed by atoms with Gasteiger partial charge in [0.25, 0.3) is 5.91 Å². The Morgan fingerprint density at radius 2 is 1.70 bits per heavy atom. The van der Waals surface area contributed by atoms with Crippen molar-refractivity contribution in [3.8, 4) is 22.8 Å². The normalized spacial score (nSPS) is 17.6. The predicted molar refractivity (Wildman–Crippen MR) is 131 cm³/mol. The molecule has 1 saturated carbocycles. The molecule has 0 radical (unpaired) electrons. The zero-order valence-corrected chi connectivity index (χ0v) is 20.3. The van der Waals surface area contributed by atoms with Gasteiger partial charge >= 0.3 is 0 Å². The van der Waals surface area contributed by atoms with E-state index in [0.717, 1.165) is 43.2 Å². The maximum Gasteiger partial charge on any atom is 0.257 e. The average molecular weight is 453 g/mol. The summed E-state index contributed by atoms with van der Waals surface area (Å²) in [6.07, 6.45) is 6.65. The van der Waals surface area contributed by atoms with Crippen LogP contribution in [0.2, 0.25) is 0 Å². The van der Waals surface area contributed by atoms with Crippen molar-refractivity contribution < 1.29 is 14.3 Å². The van der Waals surface area contributed by atoms with E-state index in [-0.39, 0.29) is 5.91 Å². The monoisotopic (exact) mass is 452 g/mol. The zero-order valence-electron chi connectivity index (χ0n) is 20.3. The van der Waals surface area contributed by atoms with Crippen LogP contribution < -0.4 is 14.4 Å². The van der Waals surface area contributed by atoms with Crippen molar-refractivity contribution >= 4 is 11.7 Å². The largest absolute Gasteiger partial charge is 0.497 e. The highest BCUT2D eigenvalue weighted by Gasteiger charge is 2.29. The fourth-order valence-corrected chi connectivity index (χ4v) is 5.03. The minimum atomic E-state index is 0.0543. The lowest BCUT2D eigenvalue weighted by molar-refractivity contribution is 0.0523. The molecule has 0 unspecified atom stereocenters. The molecule has 0 N–H and O–H groups in total. The number of carbonyl (C=O) groups is 1.